The van der Waals surface area contributed by atoms with Gasteiger partial charge in [0.25, 0.3) is 0 Å². The predicted octanol–water partition coefficient (Wildman–Crippen LogP) is 4.91. The van der Waals surface area contributed by atoms with E-state index in [1.54, 1.807) is 11.3 Å². The quantitative estimate of drug-likeness (QED) is 0.826. The van der Waals surface area contributed by atoms with Gasteiger partial charge >= 0.3 is 0 Å². The standard InChI is InChI=1S/C16H20ClNS/c1-4-18-14(15-9-12(3)16(17)19-15)10-13-8-6-5-7-11(13)2/h5-9,14,18H,4,10H2,1-3H3. The lowest BCUT2D eigenvalue weighted by molar-refractivity contribution is 0.557. The first-order chi connectivity index (χ1) is 9.11. The van der Waals surface area contributed by atoms with Crippen LogP contribution < -0.4 is 5.32 Å². The number of aryl methyl sites for hydroxylation is 2. The van der Waals surface area contributed by atoms with Crippen molar-refractivity contribution in [1.29, 1.82) is 0 Å². The number of nitrogens with one attached hydrogen (secondary N) is 1. The molecule has 3 heteroatoms. The highest BCUT2D eigenvalue weighted by Gasteiger charge is 2.15. The van der Waals surface area contributed by atoms with Gasteiger partial charge in [0.15, 0.2) is 0 Å². The highest BCUT2D eigenvalue weighted by atomic mass is 35.5. The molecule has 1 aromatic carbocycles. The van der Waals surface area contributed by atoms with Gasteiger partial charge in [0.2, 0.25) is 0 Å². The Bertz CT molecular complexity index is 528. The van der Waals surface area contributed by atoms with Crippen molar-refractivity contribution in [3.05, 3.63) is 56.2 Å². The molecule has 0 aliphatic carbocycles. The largest absolute Gasteiger partial charge is 0.309 e. The molecular formula is C16H20ClNS. The minimum atomic E-state index is 0.349. The van der Waals surface area contributed by atoms with Crippen LogP contribution in [0.15, 0.2) is 30.3 Å². The van der Waals surface area contributed by atoms with Crippen molar-refractivity contribution in [2.45, 2.75) is 33.2 Å². The summed E-state index contributed by atoms with van der Waals surface area (Å²) in [5, 5.41) is 3.57. The molecule has 1 atom stereocenters. The Morgan fingerprint density at radius 2 is 1.95 bits per heavy atom. The number of likely N-dealkylation sites (N-methyl/N-ethyl adjacent to an activating group) is 1. The Morgan fingerprint density at radius 3 is 2.53 bits per heavy atom. The molecule has 0 saturated carbocycles. The Kier molecular flexibility index (Phi) is 5.03. The van der Waals surface area contributed by atoms with Crippen LogP contribution in [0, 0.1) is 13.8 Å². The Labute approximate surface area is 124 Å². The normalized spacial score (nSPS) is 12.6. The van der Waals surface area contributed by atoms with Crippen LogP contribution in [0.3, 0.4) is 0 Å². The monoisotopic (exact) mass is 293 g/mol. The Morgan fingerprint density at radius 1 is 1.21 bits per heavy atom. The molecule has 1 N–H and O–H groups in total. The molecule has 0 radical (unpaired) electrons. The topological polar surface area (TPSA) is 12.0 Å². The molecule has 2 aromatic rings. The fourth-order valence-electron chi connectivity index (χ4n) is 2.23. The van der Waals surface area contributed by atoms with Gasteiger partial charge in [-0.2, -0.15) is 0 Å². The average Bonchev–Trinajstić information content (AvgIpc) is 2.72. The van der Waals surface area contributed by atoms with E-state index in [4.69, 9.17) is 11.6 Å². The number of benzene rings is 1. The number of rotatable bonds is 5. The summed E-state index contributed by atoms with van der Waals surface area (Å²) in [6, 6.07) is 11.1. The summed E-state index contributed by atoms with van der Waals surface area (Å²) in [7, 11) is 0. The van der Waals surface area contributed by atoms with E-state index in [1.807, 2.05) is 0 Å². The van der Waals surface area contributed by atoms with Crippen molar-refractivity contribution in [1.82, 2.24) is 5.32 Å². The van der Waals surface area contributed by atoms with Crippen LogP contribution in [0.5, 0.6) is 0 Å². The van der Waals surface area contributed by atoms with E-state index in [9.17, 15) is 0 Å². The summed E-state index contributed by atoms with van der Waals surface area (Å²) in [6.45, 7) is 7.35. The summed E-state index contributed by atoms with van der Waals surface area (Å²) < 4.78 is 0.905. The first-order valence-corrected chi connectivity index (χ1v) is 7.85. The fourth-order valence-corrected chi connectivity index (χ4v) is 3.53. The second-order valence-electron chi connectivity index (χ2n) is 4.85. The fraction of sp³-hybridized carbons (Fsp3) is 0.375. The zero-order valence-corrected chi connectivity index (χ0v) is 13.2. The third-order valence-electron chi connectivity index (χ3n) is 3.36. The molecule has 102 valence electrons. The molecule has 2 rings (SSSR count). The van der Waals surface area contributed by atoms with Crippen molar-refractivity contribution < 1.29 is 0 Å². The first kappa shape index (κ1) is 14.6. The van der Waals surface area contributed by atoms with E-state index in [2.05, 4.69) is 56.4 Å². The maximum absolute atomic E-state index is 6.20. The van der Waals surface area contributed by atoms with Crippen LogP contribution in [0.1, 0.15) is 34.5 Å². The predicted molar refractivity (Wildman–Crippen MR) is 85.4 cm³/mol. The van der Waals surface area contributed by atoms with E-state index in [1.165, 1.54) is 21.6 Å². The third kappa shape index (κ3) is 3.59. The Hall–Kier alpha value is -0.830. The molecule has 0 aliphatic heterocycles. The van der Waals surface area contributed by atoms with E-state index in [0.29, 0.717) is 6.04 Å². The summed E-state index contributed by atoms with van der Waals surface area (Å²) in [4.78, 5) is 1.33. The molecule has 1 unspecified atom stereocenters. The van der Waals surface area contributed by atoms with Crippen molar-refractivity contribution >= 4 is 22.9 Å². The molecule has 1 heterocycles. The molecule has 0 fully saturated rings. The van der Waals surface area contributed by atoms with E-state index in [-0.39, 0.29) is 0 Å². The molecule has 0 saturated heterocycles. The van der Waals surface area contributed by atoms with Crippen LogP contribution >= 0.6 is 22.9 Å². The second kappa shape index (κ2) is 6.56. The first-order valence-electron chi connectivity index (χ1n) is 6.65. The highest BCUT2D eigenvalue weighted by Crippen LogP contribution is 2.32. The van der Waals surface area contributed by atoms with Crippen molar-refractivity contribution in [2.24, 2.45) is 0 Å². The van der Waals surface area contributed by atoms with Crippen molar-refractivity contribution in [3.8, 4) is 0 Å². The molecular weight excluding hydrogens is 274 g/mol. The van der Waals surface area contributed by atoms with Crippen LogP contribution in [0.2, 0.25) is 4.34 Å². The lowest BCUT2D eigenvalue weighted by atomic mass is 10.00. The van der Waals surface area contributed by atoms with Crippen LogP contribution in [0.25, 0.3) is 0 Å². The summed E-state index contributed by atoms with van der Waals surface area (Å²) >= 11 is 7.89. The highest BCUT2D eigenvalue weighted by molar-refractivity contribution is 7.16. The minimum absolute atomic E-state index is 0.349. The number of hydrogen-bond donors (Lipinski definition) is 1. The van der Waals surface area contributed by atoms with E-state index >= 15 is 0 Å². The summed E-state index contributed by atoms with van der Waals surface area (Å²) in [5.41, 5.74) is 3.93. The molecule has 1 aromatic heterocycles. The van der Waals surface area contributed by atoms with Crippen LogP contribution in [-0.4, -0.2) is 6.54 Å². The number of halogens is 1. The van der Waals surface area contributed by atoms with Gasteiger partial charge in [0.05, 0.1) is 4.34 Å². The van der Waals surface area contributed by atoms with Crippen LogP contribution in [-0.2, 0) is 6.42 Å². The van der Waals surface area contributed by atoms with Gasteiger partial charge < -0.3 is 5.32 Å². The SMILES string of the molecule is CCNC(Cc1ccccc1C)c1cc(C)c(Cl)s1. The third-order valence-corrected chi connectivity index (χ3v) is 5.02. The maximum Gasteiger partial charge on any atom is 0.0960 e. The lowest BCUT2D eigenvalue weighted by Gasteiger charge is -2.17. The molecule has 0 aliphatic rings. The summed E-state index contributed by atoms with van der Waals surface area (Å²) in [6.07, 6.45) is 1.01. The van der Waals surface area contributed by atoms with Gasteiger partial charge in [0, 0.05) is 10.9 Å². The second-order valence-corrected chi connectivity index (χ2v) is 6.53. The van der Waals surface area contributed by atoms with Crippen LogP contribution in [0.4, 0.5) is 0 Å². The van der Waals surface area contributed by atoms with Crippen molar-refractivity contribution in [3.63, 3.8) is 0 Å². The van der Waals surface area contributed by atoms with E-state index < -0.39 is 0 Å². The Balaban J connectivity index is 2.23. The van der Waals surface area contributed by atoms with Crippen molar-refractivity contribution in [2.75, 3.05) is 6.54 Å². The number of hydrogen-bond acceptors (Lipinski definition) is 2. The smallest absolute Gasteiger partial charge is 0.0960 e. The van der Waals surface area contributed by atoms with Gasteiger partial charge in [-0.05, 0) is 49.6 Å². The van der Waals surface area contributed by atoms with Gasteiger partial charge in [-0.15, -0.1) is 11.3 Å². The van der Waals surface area contributed by atoms with Gasteiger partial charge in [0.1, 0.15) is 0 Å². The zero-order valence-electron chi connectivity index (χ0n) is 11.7. The van der Waals surface area contributed by atoms with E-state index in [0.717, 1.165) is 17.3 Å². The zero-order chi connectivity index (χ0) is 13.8. The van der Waals surface area contributed by atoms with Gasteiger partial charge in [-0.25, -0.2) is 0 Å². The molecule has 0 bridgehead atoms. The lowest BCUT2D eigenvalue weighted by Crippen LogP contribution is -2.22. The minimum Gasteiger partial charge on any atom is -0.309 e. The molecule has 1 nitrogen and oxygen atoms in total. The number of thiophene rings is 1. The average molecular weight is 294 g/mol. The molecule has 19 heavy (non-hydrogen) atoms. The maximum atomic E-state index is 6.20. The van der Waals surface area contributed by atoms with Gasteiger partial charge in [-0.1, -0.05) is 42.8 Å². The molecule has 0 amide bonds. The summed E-state index contributed by atoms with van der Waals surface area (Å²) in [5.74, 6) is 0. The van der Waals surface area contributed by atoms with Gasteiger partial charge in [-0.3, -0.25) is 0 Å². The molecule has 0 spiro atoms.